The smallest absolute Gasteiger partial charge is 0.217 e. The molecule has 107 heavy (non-hydrogen) atoms. The molecule has 9 rings (SSSR count). The van der Waals surface area contributed by atoms with Crippen LogP contribution in [0, 0.1) is 0 Å². The van der Waals surface area contributed by atoms with Gasteiger partial charge in [0.2, 0.25) is 17.7 Å². The molecule has 43 nitrogen and oxygen atoms in total. The molecule has 0 unspecified atom stereocenters. The lowest BCUT2D eigenvalue weighted by Crippen LogP contribution is -2.66. The van der Waals surface area contributed by atoms with Gasteiger partial charge in [0, 0.05) is 20.8 Å². The molecule has 3 amide bonds. The number of rotatable bonds is 57. The molecule has 6 saturated heterocycles. The number of fused-ring (bicyclic) bond motifs is 6. The SMILES string of the molecule is CC(=O)N[C@H]1[C@@H]2OC[C@](COCCOCCOCCOCCn3cc(COCC(N)(COCc4cn(CCOCCOCCOCCOC[C@@]56CO[C@@H](O5)[C@H](NC(C)=O)[C@@H](O)[C@H]6O)nn4)COCc4cn(CCOCCOCCOCCOC[C@@]56CO[C@@H](O5)[C@H](NC(C)=O)[C@@H](O)[C@H]6O)nn4)nn3)(O2)[C@H](O)[C@@H]1O. The van der Waals surface area contributed by atoms with Gasteiger partial charge in [0.15, 0.2) is 18.9 Å². The lowest BCUT2D eigenvalue weighted by Gasteiger charge is -2.42. The summed E-state index contributed by atoms with van der Waals surface area (Å²) in [7, 11) is 0. The third-order valence-corrected chi connectivity index (χ3v) is 17.7. The Bertz CT molecular complexity index is 2750. The summed E-state index contributed by atoms with van der Waals surface area (Å²) in [6.07, 6.45) is -5.29. The molecule has 6 bridgehead atoms. The highest BCUT2D eigenvalue weighted by Crippen LogP contribution is 2.40. The van der Waals surface area contributed by atoms with Crippen molar-refractivity contribution in [2.45, 2.75) is 156 Å². The quantitative estimate of drug-likeness (QED) is 0.0235. The van der Waals surface area contributed by atoms with Crippen molar-refractivity contribution in [1.82, 2.24) is 60.9 Å². The van der Waals surface area contributed by atoms with Crippen molar-refractivity contribution in [3.8, 4) is 0 Å². The Morgan fingerprint density at radius 3 is 0.879 bits per heavy atom. The average Bonchev–Trinajstić information content (AvgIpc) is 1.64. The molecule has 9 heterocycles. The zero-order chi connectivity index (χ0) is 75.9. The number of hydrogen-bond acceptors (Lipinski definition) is 37. The summed E-state index contributed by atoms with van der Waals surface area (Å²) in [4.78, 5) is 34.6. The van der Waals surface area contributed by atoms with Crippen molar-refractivity contribution >= 4 is 17.7 Å². The second-order valence-corrected chi connectivity index (χ2v) is 26.5. The first-order valence-electron chi connectivity index (χ1n) is 35.7. The van der Waals surface area contributed by atoms with Crippen LogP contribution in [0.2, 0.25) is 0 Å². The molecule has 0 radical (unpaired) electrons. The first-order chi connectivity index (χ1) is 51.8. The number of aliphatic hydroxyl groups is 6. The Morgan fingerprint density at radius 2 is 0.636 bits per heavy atom. The Labute approximate surface area is 617 Å². The van der Waals surface area contributed by atoms with Crippen LogP contribution in [-0.2, 0) is 153 Å². The van der Waals surface area contributed by atoms with E-state index in [-0.39, 0.29) is 137 Å². The van der Waals surface area contributed by atoms with Gasteiger partial charge >= 0.3 is 0 Å². The van der Waals surface area contributed by atoms with Gasteiger partial charge in [0.05, 0.1) is 262 Å². The lowest BCUT2D eigenvalue weighted by atomic mass is 9.88. The van der Waals surface area contributed by atoms with E-state index in [1.807, 2.05) is 0 Å². The van der Waals surface area contributed by atoms with Crippen LogP contribution in [0.25, 0.3) is 0 Å². The van der Waals surface area contributed by atoms with Gasteiger partial charge in [-0.2, -0.15) is 0 Å². The minimum absolute atomic E-state index is 0.000783. The second kappa shape index (κ2) is 44.1. The van der Waals surface area contributed by atoms with Crippen LogP contribution in [0.3, 0.4) is 0 Å². The van der Waals surface area contributed by atoms with Gasteiger partial charge in [-0.1, -0.05) is 15.6 Å². The summed E-state index contributed by atoms with van der Waals surface area (Å²) in [5, 5.41) is 96.8. The molecule has 608 valence electrons. The van der Waals surface area contributed by atoms with Gasteiger partial charge in [0.1, 0.15) is 88.6 Å². The summed E-state index contributed by atoms with van der Waals surface area (Å²) in [6.45, 7) is 11.7. The molecule has 0 saturated carbocycles. The number of nitrogens with two attached hydrogens (primary N) is 1. The topological polar surface area (TPSA) is 521 Å². The van der Waals surface area contributed by atoms with Crippen molar-refractivity contribution in [1.29, 1.82) is 0 Å². The largest absolute Gasteiger partial charge is 0.388 e. The van der Waals surface area contributed by atoms with E-state index in [1.165, 1.54) is 20.8 Å². The number of carbonyl (C=O) groups excluding carboxylic acids is 3. The van der Waals surface area contributed by atoms with Gasteiger partial charge < -0.3 is 152 Å². The predicted molar refractivity (Wildman–Crippen MR) is 355 cm³/mol. The van der Waals surface area contributed by atoms with Crippen LogP contribution < -0.4 is 21.7 Å². The van der Waals surface area contributed by atoms with E-state index in [0.717, 1.165) is 0 Å². The van der Waals surface area contributed by atoms with Gasteiger partial charge in [0.25, 0.3) is 0 Å². The predicted octanol–water partition coefficient (Wildman–Crippen LogP) is -7.64. The summed E-state index contributed by atoms with van der Waals surface area (Å²) < 4.78 is 125. The number of nitrogens with one attached hydrogen (secondary N) is 3. The van der Waals surface area contributed by atoms with E-state index in [9.17, 15) is 45.0 Å². The molecule has 0 aromatic carbocycles. The van der Waals surface area contributed by atoms with Crippen LogP contribution in [0.15, 0.2) is 18.6 Å². The van der Waals surface area contributed by atoms with Gasteiger partial charge in [-0.25, -0.2) is 14.0 Å². The average molecular weight is 1540 g/mol. The fourth-order valence-corrected chi connectivity index (χ4v) is 12.1. The zero-order valence-corrected chi connectivity index (χ0v) is 60.7. The molecule has 6 aliphatic heterocycles. The summed E-state index contributed by atoms with van der Waals surface area (Å²) in [5.41, 5.74) is 3.71. The summed E-state index contributed by atoms with van der Waals surface area (Å²) in [6, 6.07) is -2.68. The summed E-state index contributed by atoms with van der Waals surface area (Å²) >= 11 is 0. The van der Waals surface area contributed by atoms with Gasteiger partial charge in [-0.15, -0.1) is 15.3 Å². The number of ether oxygens (including phenoxy) is 21. The van der Waals surface area contributed by atoms with Crippen LogP contribution in [0.5, 0.6) is 0 Å². The van der Waals surface area contributed by atoms with Crippen LogP contribution in [0.4, 0.5) is 0 Å². The molecular weight excluding hydrogens is 1430 g/mol. The highest BCUT2D eigenvalue weighted by atomic mass is 16.8. The normalized spacial score (nSPS) is 28.1. The Morgan fingerprint density at radius 1 is 0.402 bits per heavy atom. The van der Waals surface area contributed by atoms with E-state index in [2.05, 4.69) is 46.9 Å². The summed E-state index contributed by atoms with van der Waals surface area (Å²) in [5.74, 6) is -1.15. The molecule has 15 atom stereocenters. The second-order valence-electron chi connectivity index (χ2n) is 26.5. The minimum Gasteiger partial charge on any atom is -0.388 e. The maximum atomic E-state index is 11.5. The van der Waals surface area contributed by atoms with Crippen LogP contribution in [-0.4, -0.2) is 388 Å². The molecular formula is C64H107N13O30. The molecule has 6 fully saturated rings. The number of hydrogen-bond donors (Lipinski definition) is 10. The molecule has 3 aromatic rings. The maximum Gasteiger partial charge on any atom is 0.217 e. The number of aliphatic hydroxyl groups excluding tert-OH is 6. The molecule has 3 aromatic heterocycles. The van der Waals surface area contributed by atoms with Crippen molar-refractivity contribution < 1.29 is 144 Å². The highest BCUT2D eigenvalue weighted by Gasteiger charge is 2.62. The molecule has 11 N–H and O–H groups in total. The molecule has 0 spiro atoms. The fourth-order valence-electron chi connectivity index (χ4n) is 12.1. The van der Waals surface area contributed by atoms with E-state index in [1.54, 1.807) is 32.6 Å². The minimum atomic E-state index is -1.33. The highest BCUT2D eigenvalue weighted by molar-refractivity contribution is 5.74. The zero-order valence-electron chi connectivity index (χ0n) is 60.7. The Kier molecular flexibility index (Phi) is 35.3. The third kappa shape index (κ3) is 26.4. The standard InChI is InChI=1S/C64H107N13O30/c1-43(78)66-49-52(81)55(84)62(40-102-58(49)105-62)37-96-25-22-93-19-16-90-13-10-87-7-4-75-28-46(69-72-75)31-99-34-61(65,35-100-32-47-29-76(73-70-47)5-8-88-11-14-91-17-20-94-23-26-97-38-63-41-103-59(106-63)50(67-44(2)79)53(82)56(63)85)36-101-33-48-30-77(74-71-48)6-9-89-12-15-92-18-21-95-24-27-98-39-64-42-104-60(107-64)51(68-45(3)80)54(83)57(64)86/h28-30,49-60,81-86H,4-27,31-42,65H2,1-3H3,(H,66,78)(H,67,79)(H,68,80)/t49-,50-,51-,52-,53-,54-,55-,56-,57-,58-,59+,60+,62+,63+,64+/m1/s1. The van der Waals surface area contributed by atoms with E-state index in [4.69, 9.17) is 105 Å². The van der Waals surface area contributed by atoms with Crippen molar-refractivity contribution in [3.63, 3.8) is 0 Å². The fraction of sp³-hybridized carbons (Fsp3) is 0.859. The number of amides is 3. The van der Waals surface area contributed by atoms with Gasteiger partial charge in [-0.3, -0.25) is 14.4 Å². The lowest BCUT2D eigenvalue weighted by molar-refractivity contribution is -0.238. The van der Waals surface area contributed by atoms with Crippen LogP contribution in [0.1, 0.15) is 37.9 Å². The van der Waals surface area contributed by atoms with E-state index < -0.39 is 96.0 Å². The Hall–Kier alpha value is -5.29. The van der Waals surface area contributed by atoms with Crippen molar-refractivity contribution in [2.75, 3.05) is 198 Å². The van der Waals surface area contributed by atoms with Crippen molar-refractivity contribution in [2.24, 2.45) is 5.73 Å². The van der Waals surface area contributed by atoms with Crippen LogP contribution >= 0.6 is 0 Å². The number of carbonyl (C=O) groups is 3. The third-order valence-electron chi connectivity index (χ3n) is 17.7. The monoisotopic (exact) mass is 1540 g/mol. The van der Waals surface area contributed by atoms with E-state index >= 15 is 0 Å². The molecule has 0 aliphatic carbocycles. The van der Waals surface area contributed by atoms with Crippen molar-refractivity contribution in [3.05, 3.63) is 35.7 Å². The first kappa shape index (κ1) is 85.7. The molecule has 43 heteroatoms. The first-order valence-corrected chi connectivity index (χ1v) is 35.7. The molecule has 6 aliphatic rings. The maximum absolute atomic E-state index is 11.5. The van der Waals surface area contributed by atoms with E-state index in [0.29, 0.717) is 136 Å². The Balaban J connectivity index is 0.606. The number of nitrogens with zero attached hydrogens (tertiary/aromatic N) is 9. The number of aromatic nitrogens is 9. The van der Waals surface area contributed by atoms with Gasteiger partial charge in [-0.05, 0) is 0 Å².